The fraction of sp³-hybridized carbons (Fsp3) is 1.00. The standard InChI is InChI=1S/C8H13F5O/c1-2-3-4-5-6-14-8(12,13)7(9,10)11/h2-6H2,1H3. The maximum Gasteiger partial charge on any atom is 0.482 e. The Morgan fingerprint density at radius 3 is 1.93 bits per heavy atom. The summed E-state index contributed by atoms with van der Waals surface area (Å²) >= 11 is 0. The van der Waals surface area contributed by atoms with Crippen LogP contribution in [-0.4, -0.2) is 18.9 Å². The zero-order valence-electron chi connectivity index (χ0n) is 7.83. The topological polar surface area (TPSA) is 9.23 Å². The summed E-state index contributed by atoms with van der Waals surface area (Å²) in [5, 5.41) is 0. The summed E-state index contributed by atoms with van der Waals surface area (Å²) in [6, 6.07) is 0. The summed E-state index contributed by atoms with van der Waals surface area (Å²) in [6.07, 6.45) is -8.11. The predicted molar refractivity (Wildman–Crippen MR) is 41.1 cm³/mol. The molecule has 0 aliphatic rings. The van der Waals surface area contributed by atoms with Gasteiger partial charge in [-0.15, -0.1) is 0 Å². The second-order valence-electron chi connectivity index (χ2n) is 2.92. The molecule has 86 valence electrons. The minimum atomic E-state index is -5.61. The summed E-state index contributed by atoms with van der Waals surface area (Å²) in [4.78, 5) is 0. The number of rotatable bonds is 6. The molecule has 0 aromatic carbocycles. The first-order chi connectivity index (χ1) is 6.31. The van der Waals surface area contributed by atoms with Gasteiger partial charge >= 0.3 is 12.3 Å². The Morgan fingerprint density at radius 1 is 0.929 bits per heavy atom. The number of hydrogen-bond acceptors (Lipinski definition) is 1. The maximum atomic E-state index is 12.1. The Labute approximate surface area is 79.2 Å². The van der Waals surface area contributed by atoms with E-state index in [4.69, 9.17) is 0 Å². The molecule has 0 unspecified atom stereocenters. The minimum Gasteiger partial charge on any atom is -0.313 e. The summed E-state index contributed by atoms with van der Waals surface area (Å²) in [6.45, 7) is 1.34. The van der Waals surface area contributed by atoms with Crippen molar-refractivity contribution < 1.29 is 26.7 Å². The minimum absolute atomic E-state index is 0.222. The van der Waals surface area contributed by atoms with E-state index in [1.807, 2.05) is 6.92 Å². The molecule has 0 atom stereocenters. The predicted octanol–water partition coefficient (Wildman–Crippen LogP) is 3.74. The molecular formula is C8H13F5O. The highest BCUT2D eigenvalue weighted by Crippen LogP contribution is 2.36. The molecule has 1 nitrogen and oxygen atoms in total. The quantitative estimate of drug-likeness (QED) is 0.489. The van der Waals surface area contributed by atoms with Gasteiger partial charge in [0.05, 0.1) is 6.61 Å². The Hall–Kier alpha value is -0.390. The van der Waals surface area contributed by atoms with Crippen molar-refractivity contribution in [2.45, 2.75) is 44.9 Å². The van der Waals surface area contributed by atoms with E-state index in [0.29, 0.717) is 6.42 Å². The van der Waals surface area contributed by atoms with Gasteiger partial charge in [-0.05, 0) is 6.42 Å². The van der Waals surface area contributed by atoms with E-state index in [2.05, 4.69) is 4.74 Å². The fourth-order valence-corrected chi connectivity index (χ4v) is 0.811. The van der Waals surface area contributed by atoms with Crippen molar-refractivity contribution in [3.8, 4) is 0 Å². The third-order valence-corrected chi connectivity index (χ3v) is 1.61. The average Bonchev–Trinajstić information content (AvgIpc) is 2.02. The number of unbranched alkanes of at least 4 members (excludes halogenated alkanes) is 3. The van der Waals surface area contributed by atoms with Crippen molar-refractivity contribution >= 4 is 0 Å². The van der Waals surface area contributed by atoms with E-state index < -0.39 is 18.9 Å². The van der Waals surface area contributed by atoms with E-state index >= 15 is 0 Å². The number of alkyl halides is 5. The molecule has 0 aromatic rings. The van der Waals surface area contributed by atoms with Crippen molar-refractivity contribution in [2.24, 2.45) is 0 Å². The van der Waals surface area contributed by atoms with Crippen LogP contribution in [0.2, 0.25) is 0 Å². The highest BCUT2D eigenvalue weighted by molar-refractivity contribution is 4.63. The molecule has 6 heteroatoms. The molecule has 0 saturated carbocycles. The molecule has 14 heavy (non-hydrogen) atoms. The maximum absolute atomic E-state index is 12.1. The first-order valence-corrected chi connectivity index (χ1v) is 4.39. The van der Waals surface area contributed by atoms with Gasteiger partial charge in [-0.3, -0.25) is 0 Å². The zero-order chi connectivity index (χ0) is 11.2. The first-order valence-electron chi connectivity index (χ1n) is 4.39. The first kappa shape index (κ1) is 13.6. The van der Waals surface area contributed by atoms with Crippen LogP contribution in [-0.2, 0) is 4.74 Å². The van der Waals surface area contributed by atoms with Crippen molar-refractivity contribution in [3.63, 3.8) is 0 Å². The summed E-state index contributed by atoms with van der Waals surface area (Å²) in [5.41, 5.74) is 0. The van der Waals surface area contributed by atoms with Crippen LogP contribution >= 0.6 is 0 Å². The summed E-state index contributed by atoms with van der Waals surface area (Å²) in [7, 11) is 0. The van der Waals surface area contributed by atoms with E-state index in [9.17, 15) is 22.0 Å². The molecule has 0 aliphatic carbocycles. The molecular weight excluding hydrogens is 207 g/mol. The van der Waals surface area contributed by atoms with Crippen LogP contribution in [0.25, 0.3) is 0 Å². The average molecular weight is 220 g/mol. The van der Waals surface area contributed by atoms with Gasteiger partial charge in [0, 0.05) is 0 Å². The molecule has 0 heterocycles. The van der Waals surface area contributed by atoms with Crippen molar-refractivity contribution in [1.29, 1.82) is 0 Å². The van der Waals surface area contributed by atoms with Gasteiger partial charge < -0.3 is 4.74 Å². The van der Waals surface area contributed by atoms with Crippen LogP contribution in [0.5, 0.6) is 0 Å². The van der Waals surface area contributed by atoms with Gasteiger partial charge in [-0.1, -0.05) is 26.2 Å². The number of halogens is 5. The zero-order valence-corrected chi connectivity index (χ0v) is 7.83. The molecule has 0 radical (unpaired) electrons. The van der Waals surface area contributed by atoms with Crippen LogP contribution in [0.15, 0.2) is 0 Å². The summed E-state index contributed by atoms with van der Waals surface area (Å²) in [5.74, 6) is 0. The smallest absolute Gasteiger partial charge is 0.313 e. The van der Waals surface area contributed by atoms with Crippen molar-refractivity contribution in [3.05, 3.63) is 0 Å². The van der Waals surface area contributed by atoms with Gasteiger partial charge in [0.2, 0.25) is 0 Å². The lowest BCUT2D eigenvalue weighted by molar-refractivity contribution is -0.391. The van der Waals surface area contributed by atoms with Gasteiger partial charge in [0.25, 0.3) is 0 Å². The second kappa shape index (κ2) is 5.48. The van der Waals surface area contributed by atoms with Gasteiger partial charge in [0.1, 0.15) is 0 Å². The lowest BCUT2D eigenvalue weighted by Crippen LogP contribution is -2.39. The van der Waals surface area contributed by atoms with E-state index in [1.165, 1.54) is 0 Å². The van der Waals surface area contributed by atoms with Crippen LogP contribution in [0, 0.1) is 0 Å². The van der Waals surface area contributed by atoms with Crippen molar-refractivity contribution in [1.82, 2.24) is 0 Å². The molecule has 0 fully saturated rings. The molecule has 0 bridgehead atoms. The normalized spacial score (nSPS) is 13.3. The molecule has 0 aromatic heterocycles. The van der Waals surface area contributed by atoms with Crippen molar-refractivity contribution in [2.75, 3.05) is 6.61 Å². The highest BCUT2D eigenvalue weighted by atomic mass is 19.4. The molecule has 0 saturated heterocycles. The Balaban J connectivity index is 3.67. The van der Waals surface area contributed by atoms with Gasteiger partial charge in [-0.25, -0.2) is 0 Å². The third-order valence-electron chi connectivity index (χ3n) is 1.61. The Morgan fingerprint density at radius 2 is 1.50 bits per heavy atom. The lowest BCUT2D eigenvalue weighted by Gasteiger charge is -2.19. The van der Waals surface area contributed by atoms with E-state index in [0.717, 1.165) is 12.8 Å². The molecule has 0 amide bonds. The number of ether oxygens (including phenoxy) is 1. The molecule has 0 spiro atoms. The van der Waals surface area contributed by atoms with Crippen LogP contribution in [0.1, 0.15) is 32.6 Å². The number of hydrogen-bond donors (Lipinski definition) is 0. The molecule has 0 N–H and O–H groups in total. The fourth-order valence-electron chi connectivity index (χ4n) is 0.811. The third kappa shape index (κ3) is 4.74. The monoisotopic (exact) mass is 220 g/mol. The lowest BCUT2D eigenvalue weighted by atomic mass is 10.2. The Kier molecular flexibility index (Phi) is 5.33. The van der Waals surface area contributed by atoms with E-state index in [-0.39, 0.29) is 6.42 Å². The highest BCUT2D eigenvalue weighted by Gasteiger charge is 2.59. The van der Waals surface area contributed by atoms with E-state index in [1.54, 1.807) is 0 Å². The SMILES string of the molecule is CCCCCCOC(F)(F)C(F)(F)F. The summed E-state index contributed by atoms with van der Waals surface area (Å²) < 4.78 is 62.3. The Bertz CT molecular complexity index is 154. The second-order valence-corrected chi connectivity index (χ2v) is 2.92. The van der Waals surface area contributed by atoms with Gasteiger partial charge in [0.15, 0.2) is 0 Å². The van der Waals surface area contributed by atoms with Crippen LogP contribution < -0.4 is 0 Å². The largest absolute Gasteiger partial charge is 0.482 e. The van der Waals surface area contributed by atoms with Crippen LogP contribution in [0.3, 0.4) is 0 Å². The van der Waals surface area contributed by atoms with Gasteiger partial charge in [-0.2, -0.15) is 22.0 Å². The van der Waals surface area contributed by atoms with Crippen LogP contribution in [0.4, 0.5) is 22.0 Å². The molecule has 0 rings (SSSR count). The molecule has 0 aliphatic heterocycles.